The molecule has 0 unspecified atom stereocenters. The lowest BCUT2D eigenvalue weighted by Crippen LogP contribution is -3.11. The van der Waals surface area contributed by atoms with Crippen LogP contribution in [0.3, 0.4) is 0 Å². The van der Waals surface area contributed by atoms with Crippen LogP contribution in [0.4, 0.5) is 0 Å². The van der Waals surface area contributed by atoms with Crippen LogP contribution in [-0.4, -0.2) is 34.9 Å². The number of aromatic nitrogens is 2. The van der Waals surface area contributed by atoms with E-state index in [1.54, 1.807) is 0 Å². The third-order valence-corrected chi connectivity index (χ3v) is 3.59. The molecule has 1 aliphatic rings. The molecule has 0 aromatic carbocycles. The summed E-state index contributed by atoms with van der Waals surface area (Å²) in [5.41, 5.74) is 5.04. The lowest BCUT2D eigenvalue weighted by molar-refractivity contribution is -0.919. The zero-order chi connectivity index (χ0) is 12.1. The molecule has 1 aromatic heterocycles. The van der Waals surface area contributed by atoms with E-state index < -0.39 is 0 Å². The number of carbonyl (C=O) groups is 1. The molecule has 0 saturated carbocycles. The highest BCUT2D eigenvalue weighted by Gasteiger charge is 2.17. The van der Waals surface area contributed by atoms with Crippen molar-refractivity contribution >= 4 is 17.7 Å². The van der Waals surface area contributed by atoms with Gasteiger partial charge < -0.3 is 15.1 Å². The second-order valence-electron chi connectivity index (χ2n) is 4.20. The maximum atomic E-state index is 10.6. The van der Waals surface area contributed by atoms with Gasteiger partial charge >= 0.3 is 0 Å². The van der Waals surface area contributed by atoms with Crippen molar-refractivity contribution in [1.82, 2.24) is 10.2 Å². The number of amides is 1. The summed E-state index contributed by atoms with van der Waals surface area (Å²) in [5, 5.41) is 8.28. The average molecular weight is 257 g/mol. The molecule has 2 heterocycles. The van der Waals surface area contributed by atoms with Gasteiger partial charge in [-0.05, 0) is 19.3 Å². The molecule has 0 bridgehead atoms. The first-order chi connectivity index (χ1) is 8.24. The number of nitrogens with one attached hydrogen (secondary N) is 1. The molecule has 1 fully saturated rings. The zero-order valence-corrected chi connectivity index (χ0v) is 10.5. The second-order valence-corrected chi connectivity index (χ2v) is 5.13. The van der Waals surface area contributed by atoms with Crippen LogP contribution >= 0.6 is 11.8 Å². The van der Waals surface area contributed by atoms with Crippen LogP contribution in [-0.2, 0) is 11.3 Å². The van der Waals surface area contributed by atoms with Crippen LogP contribution in [0.2, 0.25) is 0 Å². The fourth-order valence-electron chi connectivity index (χ4n) is 1.94. The molecule has 0 spiro atoms. The van der Waals surface area contributed by atoms with Gasteiger partial charge in [0.2, 0.25) is 5.91 Å². The average Bonchev–Trinajstić information content (AvgIpc) is 2.75. The third-order valence-electron chi connectivity index (χ3n) is 2.75. The second kappa shape index (κ2) is 6.02. The van der Waals surface area contributed by atoms with Crippen molar-refractivity contribution in [1.29, 1.82) is 0 Å². The van der Waals surface area contributed by atoms with E-state index in [1.807, 2.05) is 0 Å². The Morgan fingerprint density at radius 1 is 1.35 bits per heavy atom. The van der Waals surface area contributed by atoms with Gasteiger partial charge in [-0.2, -0.15) is 0 Å². The number of nitrogens with zero attached hydrogens (tertiary/aromatic N) is 2. The van der Waals surface area contributed by atoms with Crippen LogP contribution in [0, 0.1) is 0 Å². The fourth-order valence-corrected chi connectivity index (χ4v) is 2.46. The molecule has 0 aliphatic carbocycles. The van der Waals surface area contributed by atoms with Gasteiger partial charge in [0.15, 0.2) is 6.54 Å². The van der Waals surface area contributed by atoms with Crippen LogP contribution in [0.25, 0.3) is 0 Å². The van der Waals surface area contributed by atoms with Gasteiger partial charge in [-0.15, -0.1) is 10.2 Å². The van der Waals surface area contributed by atoms with Crippen molar-refractivity contribution in [3.63, 3.8) is 0 Å². The molecule has 0 radical (unpaired) electrons. The fraction of sp³-hybridized carbons (Fsp3) is 0.700. The maximum Gasteiger partial charge on any atom is 0.277 e. The summed E-state index contributed by atoms with van der Waals surface area (Å²) in [4.78, 5) is 12.1. The minimum atomic E-state index is -0.378. The van der Waals surface area contributed by atoms with Gasteiger partial charge in [0.05, 0.1) is 18.8 Å². The SMILES string of the molecule is NC(=O)CSc1nnc(C[NH+]2CCCCC2)o1. The Morgan fingerprint density at radius 3 is 2.82 bits per heavy atom. The number of piperidine rings is 1. The molecule has 17 heavy (non-hydrogen) atoms. The van der Waals surface area contributed by atoms with Gasteiger partial charge in [-0.25, -0.2) is 0 Å². The minimum absolute atomic E-state index is 0.179. The molecule has 2 rings (SSSR count). The summed E-state index contributed by atoms with van der Waals surface area (Å²) in [5.74, 6) is 0.448. The van der Waals surface area contributed by atoms with Crippen molar-refractivity contribution in [2.24, 2.45) is 5.73 Å². The largest absolute Gasteiger partial charge is 0.410 e. The lowest BCUT2D eigenvalue weighted by Gasteiger charge is -2.21. The predicted molar refractivity (Wildman–Crippen MR) is 62.5 cm³/mol. The predicted octanol–water partition coefficient (Wildman–Crippen LogP) is -0.784. The van der Waals surface area contributed by atoms with Crippen LogP contribution in [0.15, 0.2) is 9.64 Å². The molecule has 6 nitrogen and oxygen atoms in total. The Kier molecular flexibility index (Phi) is 4.38. The Balaban J connectivity index is 1.82. The molecule has 7 heteroatoms. The standard InChI is InChI=1S/C10H16N4O2S/c11-8(15)7-17-10-13-12-9(16-10)6-14-4-2-1-3-5-14/h1-7H2,(H2,11,15)/p+1. The first kappa shape index (κ1) is 12.4. The van der Waals surface area contributed by atoms with E-state index in [2.05, 4.69) is 10.2 Å². The van der Waals surface area contributed by atoms with E-state index in [4.69, 9.17) is 10.2 Å². The smallest absolute Gasteiger partial charge is 0.277 e. The van der Waals surface area contributed by atoms with Crippen molar-refractivity contribution in [2.45, 2.75) is 31.0 Å². The highest BCUT2D eigenvalue weighted by atomic mass is 32.2. The zero-order valence-electron chi connectivity index (χ0n) is 9.65. The van der Waals surface area contributed by atoms with Crippen LogP contribution < -0.4 is 10.6 Å². The highest BCUT2D eigenvalue weighted by molar-refractivity contribution is 7.99. The summed E-state index contributed by atoms with van der Waals surface area (Å²) >= 11 is 1.19. The van der Waals surface area contributed by atoms with Crippen molar-refractivity contribution in [3.8, 4) is 0 Å². The summed E-state index contributed by atoms with van der Waals surface area (Å²) in [6.45, 7) is 3.13. The number of quaternary nitrogens is 1. The van der Waals surface area contributed by atoms with Crippen molar-refractivity contribution < 1.29 is 14.1 Å². The number of carbonyl (C=O) groups excluding carboxylic acids is 1. The number of hydrogen-bond acceptors (Lipinski definition) is 5. The van der Waals surface area contributed by atoms with E-state index in [0.717, 1.165) is 6.54 Å². The van der Waals surface area contributed by atoms with Crippen molar-refractivity contribution in [2.75, 3.05) is 18.8 Å². The van der Waals surface area contributed by atoms with E-state index >= 15 is 0 Å². The first-order valence-corrected chi connectivity index (χ1v) is 6.79. The molecule has 0 atom stereocenters. The Labute approximate surface area is 104 Å². The van der Waals surface area contributed by atoms with E-state index in [-0.39, 0.29) is 11.7 Å². The van der Waals surface area contributed by atoms with Gasteiger partial charge in [-0.1, -0.05) is 11.8 Å². The number of thioether (sulfide) groups is 1. The number of primary amides is 1. The number of rotatable bonds is 5. The Morgan fingerprint density at radius 2 is 2.12 bits per heavy atom. The molecular weight excluding hydrogens is 240 g/mol. The van der Waals surface area contributed by atoms with Crippen LogP contribution in [0.5, 0.6) is 0 Å². The van der Waals surface area contributed by atoms with Gasteiger partial charge in [-0.3, -0.25) is 4.79 Å². The molecule has 1 saturated heterocycles. The van der Waals surface area contributed by atoms with Gasteiger partial charge in [0.1, 0.15) is 0 Å². The van der Waals surface area contributed by atoms with E-state index in [9.17, 15) is 4.79 Å². The quantitative estimate of drug-likeness (QED) is 0.676. The molecule has 94 valence electrons. The maximum absolute atomic E-state index is 10.6. The summed E-state index contributed by atoms with van der Waals surface area (Å²) in [6, 6.07) is 0. The lowest BCUT2D eigenvalue weighted by atomic mass is 10.1. The van der Waals surface area contributed by atoms with E-state index in [0.29, 0.717) is 11.1 Å². The summed E-state index contributed by atoms with van der Waals surface area (Å²) < 4.78 is 5.45. The normalized spacial score (nSPS) is 17.2. The molecular formula is C10H17N4O2S+. The van der Waals surface area contributed by atoms with Crippen molar-refractivity contribution in [3.05, 3.63) is 5.89 Å². The Bertz CT molecular complexity index is 376. The summed E-state index contributed by atoms with van der Waals surface area (Å²) in [7, 11) is 0. The molecule has 1 amide bonds. The molecule has 1 aromatic rings. The molecule has 1 aliphatic heterocycles. The molecule has 3 N–H and O–H groups in total. The van der Waals surface area contributed by atoms with Gasteiger partial charge in [0.25, 0.3) is 11.1 Å². The minimum Gasteiger partial charge on any atom is -0.410 e. The number of likely N-dealkylation sites (tertiary alicyclic amines) is 1. The summed E-state index contributed by atoms with van der Waals surface area (Å²) in [6.07, 6.45) is 3.87. The monoisotopic (exact) mass is 257 g/mol. The number of nitrogens with two attached hydrogens (primary N) is 1. The highest BCUT2D eigenvalue weighted by Crippen LogP contribution is 2.14. The van der Waals surface area contributed by atoms with Crippen LogP contribution in [0.1, 0.15) is 25.2 Å². The topological polar surface area (TPSA) is 86.5 Å². The first-order valence-electron chi connectivity index (χ1n) is 5.81. The Hall–Kier alpha value is -1.08. The van der Waals surface area contributed by atoms with Gasteiger partial charge in [0, 0.05) is 0 Å². The van der Waals surface area contributed by atoms with E-state index in [1.165, 1.54) is 49.0 Å². The third kappa shape index (κ3) is 4.01. The number of hydrogen-bond donors (Lipinski definition) is 2.